The second-order valence-corrected chi connectivity index (χ2v) is 7.54. The summed E-state index contributed by atoms with van der Waals surface area (Å²) in [6.45, 7) is 5.64. The quantitative estimate of drug-likeness (QED) is 0.395. The Morgan fingerprint density at radius 1 is 1.04 bits per heavy atom. The molecule has 1 aromatic heterocycles. The molecule has 0 unspecified atom stereocenters. The zero-order valence-corrected chi connectivity index (χ0v) is 15.3. The molecule has 7 nitrogen and oxygen atoms in total. The van der Waals surface area contributed by atoms with Gasteiger partial charge in [-0.2, -0.15) is 12.7 Å². The van der Waals surface area contributed by atoms with Gasteiger partial charge in [0.1, 0.15) is 12.4 Å². The summed E-state index contributed by atoms with van der Waals surface area (Å²) in [4.78, 5) is 0. The first-order chi connectivity index (χ1) is 11.0. The fourth-order valence-corrected chi connectivity index (χ4v) is 2.87. The molecular formula is C15H30N3O4S+. The predicted octanol–water partition coefficient (Wildman–Crippen LogP) is 1.04. The first-order valence-electron chi connectivity index (χ1n) is 8.14. The van der Waals surface area contributed by atoms with Crippen LogP contribution in [0.4, 0.5) is 0 Å². The summed E-state index contributed by atoms with van der Waals surface area (Å²) in [5.41, 5.74) is 0. The molecule has 1 aromatic rings. The molecule has 0 fully saturated rings. The Kier molecular flexibility index (Phi) is 9.39. The van der Waals surface area contributed by atoms with E-state index in [0.717, 1.165) is 45.4 Å². The van der Waals surface area contributed by atoms with Crippen molar-refractivity contribution in [3.05, 3.63) is 18.7 Å². The van der Waals surface area contributed by atoms with Crippen molar-refractivity contribution in [1.29, 1.82) is 0 Å². The summed E-state index contributed by atoms with van der Waals surface area (Å²) < 4.78 is 38.9. The Morgan fingerprint density at radius 2 is 1.74 bits per heavy atom. The molecule has 0 N–H and O–H groups in total. The first-order valence-corrected chi connectivity index (χ1v) is 9.53. The van der Waals surface area contributed by atoms with Crippen molar-refractivity contribution >= 4 is 10.2 Å². The van der Waals surface area contributed by atoms with Crippen LogP contribution in [0.25, 0.3) is 0 Å². The van der Waals surface area contributed by atoms with Gasteiger partial charge in [0.05, 0.1) is 19.8 Å². The van der Waals surface area contributed by atoms with Crippen molar-refractivity contribution in [1.82, 2.24) is 8.28 Å². The van der Waals surface area contributed by atoms with Crippen molar-refractivity contribution in [2.24, 2.45) is 0 Å². The third-order valence-electron chi connectivity index (χ3n) is 3.43. The van der Waals surface area contributed by atoms with Crippen molar-refractivity contribution < 1.29 is 22.5 Å². The van der Waals surface area contributed by atoms with Crippen LogP contribution in [-0.4, -0.2) is 57.2 Å². The van der Waals surface area contributed by atoms with Crippen molar-refractivity contribution in [2.75, 3.05) is 40.5 Å². The van der Waals surface area contributed by atoms with Gasteiger partial charge in [-0.1, -0.05) is 6.42 Å². The van der Waals surface area contributed by atoms with Gasteiger partial charge in [0.25, 0.3) is 6.33 Å². The largest absolute Gasteiger partial charge is 0.379 e. The molecular weight excluding hydrogens is 318 g/mol. The molecule has 0 bridgehead atoms. The van der Waals surface area contributed by atoms with E-state index in [4.69, 9.17) is 9.47 Å². The Balaban J connectivity index is 2.12. The summed E-state index contributed by atoms with van der Waals surface area (Å²) in [6, 6.07) is 0. The second-order valence-electron chi connectivity index (χ2n) is 5.50. The molecule has 0 radical (unpaired) electrons. The maximum atomic E-state index is 11.9. The lowest BCUT2D eigenvalue weighted by atomic mass is 10.2. The zero-order valence-electron chi connectivity index (χ0n) is 14.5. The lowest BCUT2D eigenvalue weighted by Gasteiger charge is -2.05. The molecule has 1 rings (SSSR count). The third kappa shape index (κ3) is 7.43. The molecule has 0 aliphatic rings. The number of aromatic nitrogens is 2. The van der Waals surface area contributed by atoms with Crippen LogP contribution < -0.4 is 4.57 Å². The highest BCUT2D eigenvalue weighted by molar-refractivity contribution is 7.87. The van der Waals surface area contributed by atoms with Gasteiger partial charge in [0, 0.05) is 27.3 Å². The van der Waals surface area contributed by atoms with E-state index in [9.17, 15) is 8.42 Å². The number of ether oxygens (including phenoxy) is 2. The lowest BCUT2D eigenvalue weighted by Crippen LogP contribution is -2.33. The Hall–Kier alpha value is -0.960. The van der Waals surface area contributed by atoms with Gasteiger partial charge in [-0.3, -0.25) is 0 Å². The molecule has 0 spiro atoms. The van der Waals surface area contributed by atoms with Gasteiger partial charge in [0.2, 0.25) is 0 Å². The molecule has 0 aliphatic heterocycles. The standard InChI is InChI=1S/C15H30N3O4S/c1-4-21-13-14-22-12-8-6-5-7-9-17-10-11-18(15-17)23(19,20)16(2)3/h10-11,15H,4-9,12-14H2,1-3H3/q+1. The molecule has 0 aliphatic carbocycles. The van der Waals surface area contributed by atoms with E-state index in [1.807, 2.05) is 11.5 Å². The lowest BCUT2D eigenvalue weighted by molar-refractivity contribution is -0.696. The van der Waals surface area contributed by atoms with Gasteiger partial charge >= 0.3 is 10.2 Å². The average Bonchev–Trinajstić information content (AvgIpc) is 2.98. The minimum Gasteiger partial charge on any atom is -0.379 e. The van der Waals surface area contributed by atoms with Crippen molar-refractivity contribution in [3.63, 3.8) is 0 Å². The molecule has 1 heterocycles. The zero-order chi connectivity index (χ0) is 17.1. The number of aryl methyl sites for hydroxylation is 1. The van der Waals surface area contributed by atoms with Gasteiger partial charge in [-0.25, -0.2) is 4.57 Å². The second kappa shape index (κ2) is 10.7. The van der Waals surface area contributed by atoms with Crippen LogP contribution in [0.15, 0.2) is 18.7 Å². The molecule has 23 heavy (non-hydrogen) atoms. The summed E-state index contributed by atoms with van der Waals surface area (Å²) in [5.74, 6) is 0. The van der Waals surface area contributed by atoms with E-state index in [2.05, 4.69) is 0 Å². The molecule has 0 amide bonds. The molecule has 0 atom stereocenters. The molecule has 0 saturated carbocycles. The average molecular weight is 348 g/mol. The van der Waals surface area contributed by atoms with Crippen molar-refractivity contribution in [2.45, 2.75) is 39.2 Å². The predicted molar refractivity (Wildman–Crippen MR) is 88.4 cm³/mol. The van der Waals surface area contributed by atoms with Crippen LogP contribution in [-0.2, 0) is 26.2 Å². The number of rotatable bonds is 13. The van der Waals surface area contributed by atoms with Gasteiger partial charge in [-0.15, -0.1) is 3.97 Å². The van der Waals surface area contributed by atoms with Crippen LogP contribution in [0.3, 0.4) is 0 Å². The number of hydrogen-bond donors (Lipinski definition) is 0. The van der Waals surface area contributed by atoms with E-state index in [1.165, 1.54) is 22.4 Å². The number of imidazole rings is 1. The Morgan fingerprint density at radius 3 is 2.43 bits per heavy atom. The van der Waals surface area contributed by atoms with Crippen LogP contribution in [0, 0.1) is 0 Å². The van der Waals surface area contributed by atoms with E-state index in [1.54, 1.807) is 18.7 Å². The number of hydrogen-bond acceptors (Lipinski definition) is 4. The molecule has 0 saturated heterocycles. The maximum absolute atomic E-state index is 11.9. The van der Waals surface area contributed by atoms with Crippen molar-refractivity contribution in [3.8, 4) is 0 Å². The fraction of sp³-hybridized carbons (Fsp3) is 0.800. The van der Waals surface area contributed by atoms with E-state index in [-0.39, 0.29) is 0 Å². The molecule has 0 aromatic carbocycles. The number of unbranched alkanes of at least 4 members (excludes halogenated alkanes) is 3. The van der Waals surface area contributed by atoms with E-state index in [0.29, 0.717) is 13.2 Å². The van der Waals surface area contributed by atoms with Crippen LogP contribution >= 0.6 is 0 Å². The van der Waals surface area contributed by atoms with Gasteiger partial charge in [0.15, 0.2) is 0 Å². The minimum absolute atomic E-state index is 0.664. The van der Waals surface area contributed by atoms with Crippen LogP contribution in [0.5, 0.6) is 0 Å². The monoisotopic (exact) mass is 348 g/mol. The van der Waals surface area contributed by atoms with Crippen LogP contribution in [0.2, 0.25) is 0 Å². The Bertz CT molecular complexity index is 529. The minimum atomic E-state index is -3.41. The maximum Gasteiger partial charge on any atom is 0.379 e. The topological polar surface area (TPSA) is 64.7 Å². The van der Waals surface area contributed by atoms with Gasteiger partial charge in [-0.05, 0) is 26.2 Å². The van der Waals surface area contributed by atoms with E-state index < -0.39 is 10.2 Å². The third-order valence-corrected chi connectivity index (χ3v) is 5.10. The summed E-state index contributed by atoms with van der Waals surface area (Å²) in [7, 11) is -0.358. The highest BCUT2D eigenvalue weighted by Crippen LogP contribution is 2.02. The summed E-state index contributed by atoms with van der Waals surface area (Å²) in [5, 5.41) is 0. The molecule has 134 valence electrons. The number of nitrogens with zero attached hydrogens (tertiary/aromatic N) is 3. The first kappa shape index (κ1) is 20.1. The van der Waals surface area contributed by atoms with E-state index >= 15 is 0 Å². The molecule has 8 heteroatoms. The highest BCUT2D eigenvalue weighted by atomic mass is 32.2. The summed E-state index contributed by atoms with van der Waals surface area (Å²) >= 11 is 0. The smallest absolute Gasteiger partial charge is 0.379 e. The van der Waals surface area contributed by atoms with Crippen LogP contribution in [0.1, 0.15) is 32.6 Å². The van der Waals surface area contributed by atoms with Gasteiger partial charge < -0.3 is 9.47 Å². The SMILES string of the molecule is CCOCCOCCCCCC[n+]1ccn(S(=O)(=O)N(C)C)c1. The highest BCUT2D eigenvalue weighted by Gasteiger charge is 2.22. The fourth-order valence-electron chi connectivity index (χ4n) is 2.05. The summed E-state index contributed by atoms with van der Waals surface area (Å²) in [6.07, 6.45) is 9.27. The normalized spacial score (nSPS) is 12.2. The Labute approximate surface area is 140 Å².